The molecule has 5 heteroatoms. The van der Waals surface area contributed by atoms with Crippen molar-refractivity contribution in [3.8, 4) is 5.75 Å². The number of ketones is 1. The summed E-state index contributed by atoms with van der Waals surface area (Å²) >= 11 is 0. The maximum atomic E-state index is 13.4. The van der Waals surface area contributed by atoms with E-state index in [1.807, 2.05) is 92.7 Å². The summed E-state index contributed by atoms with van der Waals surface area (Å²) in [6.45, 7) is 4.30. The quantitative estimate of drug-likeness (QED) is 0.502. The zero-order valence-electron chi connectivity index (χ0n) is 18.8. The summed E-state index contributed by atoms with van der Waals surface area (Å²) in [7, 11) is 0. The number of carbonyl (C=O) groups is 2. The third-order valence-corrected chi connectivity index (χ3v) is 5.85. The molecule has 1 unspecified atom stereocenters. The van der Waals surface area contributed by atoms with Gasteiger partial charge in [-0.2, -0.15) is 0 Å². The van der Waals surface area contributed by atoms with E-state index >= 15 is 0 Å². The molecule has 33 heavy (non-hydrogen) atoms. The Balaban J connectivity index is 1.76. The number of rotatable bonds is 8. The molecular weight excluding hydrogens is 414 g/mol. The highest BCUT2D eigenvalue weighted by Gasteiger charge is 2.44. The highest BCUT2D eigenvalue weighted by atomic mass is 16.5. The van der Waals surface area contributed by atoms with Crippen molar-refractivity contribution in [2.75, 3.05) is 11.5 Å². The minimum Gasteiger partial charge on any atom is -0.503 e. The summed E-state index contributed by atoms with van der Waals surface area (Å²) in [5.41, 5.74) is 3.41. The lowest BCUT2D eigenvalue weighted by Crippen LogP contribution is -2.31. The van der Waals surface area contributed by atoms with Gasteiger partial charge in [0.05, 0.1) is 18.2 Å². The molecular formula is C28H27NO4. The van der Waals surface area contributed by atoms with Crippen LogP contribution < -0.4 is 9.64 Å². The van der Waals surface area contributed by atoms with E-state index in [1.54, 1.807) is 0 Å². The molecule has 0 aromatic heterocycles. The van der Waals surface area contributed by atoms with Gasteiger partial charge in [-0.05, 0) is 55.2 Å². The number of aliphatic hydroxyl groups excluding tert-OH is 1. The van der Waals surface area contributed by atoms with Crippen molar-refractivity contribution < 1.29 is 19.4 Å². The van der Waals surface area contributed by atoms with Crippen LogP contribution in [-0.4, -0.2) is 23.4 Å². The van der Waals surface area contributed by atoms with E-state index in [0.717, 1.165) is 11.1 Å². The number of anilines is 1. The second-order valence-electron chi connectivity index (χ2n) is 8.04. The van der Waals surface area contributed by atoms with E-state index in [2.05, 4.69) is 0 Å². The average molecular weight is 442 g/mol. The smallest absolute Gasteiger partial charge is 0.294 e. The number of aryl methyl sites for hydroxylation is 2. The van der Waals surface area contributed by atoms with Crippen LogP contribution in [0.4, 0.5) is 5.69 Å². The van der Waals surface area contributed by atoms with Crippen LogP contribution in [0.2, 0.25) is 0 Å². The predicted octanol–water partition coefficient (Wildman–Crippen LogP) is 5.50. The normalized spacial score (nSPS) is 15.8. The van der Waals surface area contributed by atoms with Crippen LogP contribution in [0.15, 0.2) is 90.2 Å². The SMILES string of the molecule is CCOc1cccc(C2C(C(=O)CCc3ccccc3)=C(O)C(=O)N2c2ccccc2C)c1. The maximum absolute atomic E-state index is 13.4. The lowest BCUT2D eigenvalue weighted by Gasteiger charge is -2.28. The largest absolute Gasteiger partial charge is 0.503 e. The van der Waals surface area contributed by atoms with Crippen LogP contribution in [0, 0.1) is 6.92 Å². The molecule has 1 aliphatic rings. The molecule has 1 amide bonds. The summed E-state index contributed by atoms with van der Waals surface area (Å²) in [6, 6.07) is 23.8. The van der Waals surface area contributed by atoms with Gasteiger partial charge in [-0.3, -0.25) is 14.5 Å². The lowest BCUT2D eigenvalue weighted by molar-refractivity contribution is -0.118. The number of aliphatic hydroxyl groups is 1. The molecule has 168 valence electrons. The highest BCUT2D eigenvalue weighted by Crippen LogP contribution is 2.43. The number of amides is 1. The van der Waals surface area contributed by atoms with Crippen LogP contribution in [0.5, 0.6) is 5.75 Å². The van der Waals surface area contributed by atoms with E-state index in [-0.39, 0.29) is 17.8 Å². The molecule has 1 N–H and O–H groups in total. The summed E-state index contributed by atoms with van der Waals surface area (Å²) in [4.78, 5) is 28.2. The zero-order valence-corrected chi connectivity index (χ0v) is 18.8. The third-order valence-electron chi connectivity index (χ3n) is 5.85. The van der Waals surface area contributed by atoms with E-state index < -0.39 is 17.7 Å². The van der Waals surface area contributed by atoms with Crippen molar-refractivity contribution in [1.82, 2.24) is 0 Å². The first kappa shape index (κ1) is 22.3. The molecule has 1 aliphatic heterocycles. The maximum Gasteiger partial charge on any atom is 0.294 e. The van der Waals surface area contributed by atoms with Crippen molar-refractivity contribution in [1.29, 1.82) is 0 Å². The number of benzene rings is 3. The first-order valence-corrected chi connectivity index (χ1v) is 11.1. The molecule has 0 spiro atoms. The van der Waals surface area contributed by atoms with Crippen molar-refractivity contribution in [2.45, 2.75) is 32.7 Å². The molecule has 1 heterocycles. The van der Waals surface area contributed by atoms with Gasteiger partial charge >= 0.3 is 0 Å². The van der Waals surface area contributed by atoms with Crippen molar-refractivity contribution >= 4 is 17.4 Å². The van der Waals surface area contributed by atoms with Crippen molar-refractivity contribution in [2.24, 2.45) is 0 Å². The van der Waals surface area contributed by atoms with Crippen LogP contribution in [0.3, 0.4) is 0 Å². The molecule has 0 radical (unpaired) electrons. The van der Waals surface area contributed by atoms with Gasteiger partial charge in [0.15, 0.2) is 11.5 Å². The molecule has 5 nitrogen and oxygen atoms in total. The topological polar surface area (TPSA) is 66.8 Å². The van der Waals surface area contributed by atoms with E-state index in [0.29, 0.717) is 30.0 Å². The van der Waals surface area contributed by atoms with Gasteiger partial charge < -0.3 is 9.84 Å². The Labute approximate surface area is 193 Å². The second kappa shape index (κ2) is 9.74. The molecule has 3 aromatic rings. The standard InChI is InChI=1S/C28H27NO4/c1-3-33-22-14-9-13-21(18-22)26-25(24(30)17-16-20-11-5-4-6-12-20)27(31)28(32)29(26)23-15-8-7-10-19(23)2/h4-15,18,26,31H,3,16-17H2,1-2H3. The van der Waals surface area contributed by atoms with Gasteiger partial charge in [0.25, 0.3) is 5.91 Å². The zero-order chi connectivity index (χ0) is 23.4. The Kier molecular flexibility index (Phi) is 6.59. The van der Waals surface area contributed by atoms with Crippen molar-refractivity contribution in [3.05, 3.63) is 107 Å². The Hall–Kier alpha value is -3.86. The van der Waals surface area contributed by atoms with E-state index in [4.69, 9.17) is 4.74 Å². The molecule has 3 aromatic carbocycles. The summed E-state index contributed by atoms with van der Waals surface area (Å²) in [5, 5.41) is 10.9. The van der Waals surface area contributed by atoms with E-state index in [9.17, 15) is 14.7 Å². The van der Waals surface area contributed by atoms with Crippen LogP contribution >= 0.6 is 0 Å². The number of nitrogens with zero attached hydrogens (tertiary/aromatic N) is 1. The van der Waals surface area contributed by atoms with E-state index in [1.165, 1.54) is 4.90 Å². The van der Waals surface area contributed by atoms with Gasteiger partial charge in [0, 0.05) is 12.1 Å². The van der Waals surface area contributed by atoms with Gasteiger partial charge in [-0.25, -0.2) is 0 Å². The number of Topliss-reactive ketones (excluding diaryl/α,β-unsaturated/α-hetero) is 1. The van der Waals surface area contributed by atoms with Crippen LogP contribution in [0.1, 0.15) is 36.1 Å². The minimum absolute atomic E-state index is 0.132. The summed E-state index contributed by atoms with van der Waals surface area (Å²) in [5.74, 6) is -0.649. The Morgan fingerprint density at radius 2 is 1.73 bits per heavy atom. The number of hydrogen-bond acceptors (Lipinski definition) is 4. The first-order chi connectivity index (χ1) is 16.0. The molecule has 0 aliphatic carbocycles. The predicted molar refractivity (Wildman–Crippen MR) is 128 cm³/mol. The Morgan fingerprint density at radius 1 is 1.00 bits per heavy atom. The number of para-hydroxylation sites is 1. The van der Waals surface area contributed by atoms with Crippen molar-refractivity contribution in [3.63, 3.8) is 0 Å². The van der Waals surface area contributed by atoms with Gasteiger partial charge in [-0.15, -0.1) is 0 Å². The molecule has 0 saturated heterocycles. The second-order valence-corrected chi connectivity index (χ2v) is 8.04. The fraction of sp³-hybridized carbons (Fsp3) is 0.214. The molecule has 4 rings (SSSR count). The fourth-order valence-corrected chi connectivity index (χ4v) is 4.27. The minimum atomic E-state index is -0.734. The summed E-state index contributed by atoms with van der Waals surface area (Å²) < 4.78 is 5.66. The van der Waals surface area contributed by atoms with Gasteiger partial charge in [0.2, 0.25) is 0 Å². The molecule has 0 saturated carbocycles. The number of carbonyl (C=O) groups excluding carboxylic acids is 2. The number of ether oxygens (including phenoxy) is 1. The molecule has 1 atom stereocenters. The third kappa shape index (κ3) is 4.53. The average Bonchev–Trinajstić information content (AvgIpc) is 3.09. The highest BCUT2D eigenvalue weighted by molar-refractivity contribution is 6.16. The molecule has 0 fully saturated rings. The Bertz CT molecular complexity index is 1200. The number of hydrogen-bond donors (Lipinski definition) is 1. The summed E-state index contributed by atoms with van der Waals surface area (Å²) in [6.07, 6.45) is 0.723. The van der Waals surface area contributed by atoms with Crippen LogP contribution in [0.25, 0.3) is 0 Å². The van der Waals surface area contributed by atoms with Gasteiger partial charge in [-0.1, -0.05) is 60.7 Å². The monoisotopic (exact) mass is 441 g/mol. The fourth-order valence-electron chi connectivity index (χ4n) is 4.27. The Morgan fingerprint density at radius 3 is 2.45 bits per heavy atom. The molecule has 0 bridgehead atoms. The lowest BCUT2D eigenvalue weighted by atomic mass is 9.92. The first-order valence-electron chi connectivity index (χ1n) is 11.1. The van der Waals surface area contributed by atoms with Crippen LogP contribution in [-0.2, 0) is 16.0 Å². The van der Waals surface area contributed by atoms with Gasteiger partial charge in [0.1, 0.15) is 5.75 Å².